The van der Waals surface area contributed by atoms with E-state index in [2.05, 4.69) is 24.0 Å². The Labute approximate surface area is 69.1 Å². The maximum Gasteiger partial charge on any atom is 0.0303 e. The summed E-state index contributed by atoms with van der Waals surface area (Å²) in [5.41, 5.74) is 0. The Morgan fingerprint density at radius 3 is 3.09 bits per heavy atom. The molecule has 1 fully saturated rings. The molecule has 0 aromatic carbocycles. The zero-order valence-corrected chi connectivity index (χ0v) is 7.29. The molecular weight excluding hydrogens is 134 g/mol. The van der Waals surface area contributed by atoms with E-state index in [1.807, 2.05) is 0 Å². The normalized spacial score (nSPS) is 38.6. The Morgan fingerprint density at radius 2 is 2.27 bits per heavy atom. The van der Waals surface area contributed by atoms with Crippen molar-refractivity contribution in [1.29, 1.82) is 0 Å². The average Bonchev–Trinajstić information content (AvgIpc) is 2.06. The van der Waals surface area contributed by atoms with Crippen LogP contribution in [0.15, 0.2) is 12.2 Å². The predicted octanol–water partition coefficient (Wildman–Crippen LogP) is 2.05. The minimum atomic E-state index is 0.775. The highest BCUT2D eigenvalue weighted by atomic mass is 15.2. The second-order valence-corrected chi connectivity index (χ2v) is 3.86. The Kier molecular flexibility index (Phi) is 1.99. The molecule has 0 radical (unpaired) electrons. The second kappa shape index (κ2) is 2.98. The molecule has 1 nitrogen and oxygen atoms in total. The lowest BCUT2D eigenvalue weighted by atomic mass is 9.88. The number of piperidine rings is 1. The lowest BCUT2D eigenvalue weighted by molar-refractivity contribution is 0.128. The van der Waals surface area contributed by atoms with Gasteiger partial charge in [0.1, 0.15) is 0 Å². The van der Waals surface area contributed by atoms with Gasteiger partial charge in [-0.25, -0.2) is 0 Å². The van der Waals surface area contributed by atoms with Gasteiger partial charge in [-0.1, -0.05) is 19.1 Å². The molecule has 0 amide bonds. The van der Waals surface area contributed by atoms with Gasteiger partial charge in [-0.15, -0.1) is 0 Å². The third-order valence-electron chi connectivity index (χ3n) is 3.03. The molecule has 0 aliphatic carbocycles. The van der Waals surface area contributed by atoms with E-state index in [0.717, 1.165) is 12.0 Å². The maximum absolute atomic E-state index is 2.63. The molecule has 0 spiro atoms. The van der Waals surface area contributed by atoms with Crippen molar-refractivity contribution >= 4 is 0 Å². The third-order valence-corrected chi connectivity index (χ3v) is 3.03. The molecule has 0 saturated carbocycles. The van der Waals surface area contributed by atoms with E-state index in [1.165, 1.54) is 32.4 Å². The lowest BCUT2D eigenvalue weighted by Gasteiger charge is -2.40. The van der Waals surface area contributed by atoms with Crippen LogP contribution in [0.3, 0.4) is 0 Å². The SMILES string of the molecule is C[C@H]1CCCN2CCC=CC12. The summed E-state index contributed by atoms with van der Waals surface area (Å²) in [6.07, 6.45) is 8.86. The van der Waals surface area contributed by atoms with Crippen LogP contribution in [0, 0.1) is 5.92 Å². The first-order chi connectivity index (χ1) is 5.38. The van der Waals surface area contributed by atoms with Crippen molar-refractivity contribution in [3.8, 4) is 0 Å². The Morgan fingerprint density at radius 1 is 1.36 bits per heavy atom. The predicted molar refractivity (Wildman–Crippen MR) is 47.5 cm³/mol. The van der Waals surface area contributed by atoms with Crippen molar-refractivity contribution in [1.82, 2.24) is 4.90 Å². The summed E-state index contributed by atoms with van der Waals surface area (Å²) >= 11 is 0. The highest BCUT2D eigenvalue weighted by molar-refractivity contribution is 5.03. The van der Waals surface area contributed by atoms with E-state index in [-0.39, 0.29) is 0 Å². The summed E-state index contributed by atoms with van der Waals surface area (Å²) in [5.74, 6) is 0.889. The molecule has 1 saturated heterocycles. The number of rotatable bonds is 0. The van der Waals surface area contributed by atoms with Gasteiger partial charge >= 0.3 is 0 Å². The highest BCUT2D eigenvalue weighted by Crippen LogP contribution is 2.26. The summed E-state index contributed by atoms with van der Waals surface area (Å²) in [6, 6.07) is 0.775. The standard InChI is InChI=1S/C10H17N/c1-9-5-4-8-11-7-3-2-6-10(9)11/h2,6,9-10H,3-5,7-8H2,1H3/t9-,10?/m0/s1. The Bertz CT molecular complexity index is 162. The number of nitrogens with zero attached hydrogens (tertiary/aromatic N) is 1. The fourth-order valence-corrected chi connectivity index (χ4v) is 2.34. The van der Waals surface area contributed by atoms with Gasteiger partial charge in [-0.05, 0) is 31.7 Å². The minimum absolute atomic E-state index is 0.775. The van der Waals surface area contributed by atoms with E-state index in [1.54, 1.807) is 0 Å². The fraction of sp³-hybridized carbons (Fsp3) is 0.800. The summed E-state index contributed by atoms with van der Waals surface area (Å²) in [7, 11) is 0. The smallest absolute Gasteiger partial charge is 0.0303 e. The van der Waals surface area contributed by atoms with Crippen molar-refractivity contribution in [2.24, 2.45) is 5.92 Å². The zero-order valence-electron chi connectivity index (χ0n) is 7.29. The molecule has 1 unspecified atom stereocenters. The molecule has 0 aromatic rings. The quantitative estimate of drug-likeness (QED) is 0.479. The molecule has 2 aliphatic rings. The van der Waals surface area contributed by atoms with Crippen LogP contribution >= 0.6 is 0 Å². The van der Waals surface area contributed by atoms with Crippen LogP contribution in [0.1, 0.15) is 26.2 Å². The van der Waals surface area contributed by atoms with Crippen LogP contribution in [-0.4, -0.2) is 24.0 Å². The van der Waals surface area contributed by atoms with Crippen molar-refractivity contribution < 1.29 is 0 Å². The van der Waals surface area contributed by atoms with Crippen LogP contribution in [0.5, 0.6) is 0 Å². The summed E-state index contributed by atoms with van der Waals surface area (Å²) in [6.45, 7) is 5.01. The molecule has 0 aromatic heterocycles. The topological polar surface area (TPSA) is 3.24 Å². The van der Waals surface area contributed by atoms with Gasteiger partial charge in [0.2, 0.25) is 0 Å². The van der Waals surface area contributed by atoms with E-state index in [0.29, 0.717) is 0 Å². The van der Waals surface area contributed by atoms with Gasteiger partial charge in [-0.3, -0.25) is 4.90 Å². The monoisotopic (exact) mass is 151 g/mol. The van der Waals surface area contributed by atoms with E-state index < -0.39 is 0 Å². The zero-order chi connectivity index (χ0) is 7.68. The van der Waals surface area contributed by atoms with Gasteiger partial charge in [0.15, 0.2) is 0 Å². The van der Waals surface area contributed by atoms with E-state index >= 15 is 0 Å². The van der Waals surface area contributed by atoms with Crippen LogP contribution < -0.4 is 0 Å². The number of hydrogen-bond acceptors (Lipinski definition) is 1. The molecular formula is C10H17N. The molecule has 0 bridgehead atoms. The third kappa shape index (κ3) is 1.34. The van der Waals surface area contributed by atoms with Gasteiger partial charge in [0.05, 0.1) is 0 Å². The maximum atomic E-state index is 2.63. The van der Waals surface area contributed by atoms with Crippen molar-refractivity contribution in [3.05, 3.63) is 12.2 Å². The molecule has 2 heterocycles. The molecule has 2 aliphatic heterocycles. The number of hydrogen-bond donors (Lipinski definition) is 0. The summed E-state index contributed by atoms with van der Waals surface area (Å²) < 4.78 is 0. The molecule has 1 heteroatoms. The van der Waals surface area contributed by atoms with Crippen LogP contribution in [-0.2, 0) is 0 Å². The molecule has 11 heavy (non-hydrogen) atoms. The highest BCUT2D eigenvalue weighted by Gasteiger charge is 2.27. The molecule has 0 N–H and O–H groups in total. The first-order valence-corrected chi connectivity index (χ1v) is 4.78. The van der Waals surface area contributed by atoms with Crippen LogP contribution in [0.25, 0.3) is 0 Å². The largest absolute Gasteiger partial charge is 0.296 e. The van der Waals surface area contributed by atoms with Gasteiger partial charge in [0.25, 0.3) is 0 Å². The first-order valence-electron chi connectivity index (χ1n) is 4.78. The summed E-state index contributed by atoms with van der Waals surface area (Å²) in [5, 5.41) is 0. The van der Waals surface area contributed by atoms with E-state index in [9.17, 15) is 0 Å². The number of fused-ring (bicyclic) bond motifs is 1. The Balaban J connectivity index is 2.09. The minimum Gasteiger partial charge on any atom is -0.296 e. The van der Waals surface area contributed by atoms with Crippen molar-refractivity contribution in [2.75, 3.05) is 13.1 Å². The molecule has 2 atom stereocenters. The average molecular weight is 151 g/mol. The van der Waals surface area contributed by atoms with E-state index in [4.69, 9.17) is 0 Å². The van der Waals surface area contributed by atoms with Crippen LogP contribution in [0.4, 0.5) is 0 Å². The van der Waals surface area contributed by atoms with Gasteiger partial charge < -0.3 is 0 Å². The first kappa shape index (κ1) is 7.35. The van der Waals surface area contributed by atoms with Crippen molar-refractivity contribution in [3.63, 3.8) is 0 Å². The Hall–Kier alpha value is -0.300. The second-order valence-electron chi connectivity index (χ2n) is 3.86. The molecule has 62 valence electrons. The van der Waals surface area contributed by atoms with Crippen LogP contribution in [0.2, 0.25) is 0 Å². The van der Waals surface area contributed by atoms with Crippen molar-refractivity contribution in [2.45, 2.75) is 32.2 Å². The molecule has 2 rings (SSSR count). The summed E-state index contributed by atoms with van der Waals surface area (Å²) in [4.78, 5) is 2.63. The fourth-order valence-electron chi connectivity index (χ4n) is 2.34. The van der Waals surface area contributed by atoms with Gasteiger partial charge in [0, 0.05) is 12.6 Å². The lowest BCUT2D eigenvalue weighted by Crippen LogP contribution is -2.44. The van der Waals surface area contributed by atoms with Gasteiger partial charge in [-0.2, -0.15) is 0 Å².